The molecule has 7 heteroatoms. The fraction of sp³-hybridized carbons (Fsp3) is 0.650. The smallest absolute Gasteiger partial charge is 0.173 e. The van der Waals surface area contributed by atoms with Gasteiger partial charge in [0.15, 0.2) is 14.9 Å². The van der Waals surface area contributed by atoms with E-state index in [0.29, 0.717) is 23.6 Å². The Bertz CT molecular complexity index is 722. The lowest BCUT2D eigenvalue weighted by molar-refractivity contribution is -0.941. The monoisotopic (exact) mass is 412 g/mol. The van der Waals surface area contributed by atoms with Crippen LogP contribution in [0.2, 0.25) is 0 Å². The fourth-order valence-electron chi connectivity index (χ4n) is 3.80. The van der Waals surface area contributed by atoms with Crippen LogP contribution in [0.5, 0.6) is 0 Å². The van der Waals surface area contributed by atoms with E-state index >= 15 is 0 Å². The maximum absolute atomic E-state index is 12.0. The molecule has 0 saturated carbocycles. The first-order chi connectivity index (χ1) is 12.6. The Morgan fingerprint density at radius 2 is 1.81 bits per heavy atom. The highest BCUT2D eigenvalue weighted by Gasteiger charge is 2.34. The van der Waals surface area contributed by atoms with Crippen LogP contribution in [0.3, 0.4) is 0 Å². The van der Waals surface area contributed by atoms with Gasteiger partial charge in [0.1, 0.15) is 0 Å². The highest BCUT2D eigenvalue weighted by atomic mass is 32.2. The molecular formula is C20H34N3O2S2+. The Hall–Kier alpha value is -1.18. The molecule has 0 amide bonds. The summed E-state index contributed by atoms with van der Waals surface area (Å²) in [7, 11) is -2.96. The second-order valence-corrected chi connectivity index (χ2v) is 10.8. The van der Waals surface area contributed by atoms with Crippen LogP contribution in [0.15, 0.2) is 24.3 Å². The summed E-state index contributed by atoms with van der Waals surface area (Å²) < 4.78 is 24.0. The third-order valence-corrected chi connectivity index (χ3v) is 7.42. The van der Waals surface area contributed by atoms with Gasteiger partial charge in [-0.05, 0) is 65.4 Å². The van der Waals surface area contributed by atoms with Crippen molar-refractivity contribution >= 4 is 32.9 Å². The van der Waals surface area contributed by atoms with E-state index < -0.39 is 9.84 Å². The van der Waals surface area contributed by atoms with Crippen molar-refractivity contribution in [3.05, 3.63) is 29.8 Å². The SMILES string of the molecule is Cc1ccc(NC(=S)N(CC[NH+](C(C)C)C(C)C)[C@H]2CCS(=O)(=O)C2)cc1. The number of benzene rings is 1. The van der Waals surface area contributed by atoms with E-state index in [1.54, 1.807) is 0 Å². The Morgan fingerprint density at radius 3 is 2.30 bits per heavy atom. The van der Waals surface area contributed by atoms with E-state index in [4.69, 9.17) is 12.2 Å². The van der Waals surface area contributed by atoms with Crippen LogP contribution in [0.1, 0.15) is 39.7 Å². The van der Waals surface area contributed by atoms with Gasteiger partial charge in [-0.3, -0.25) is 0 Å². The summed E-state index contributed by atoms with van der Waals surface area (Å²) in [6, 6.07) is 9.07. The van der Waals surface area contributed by atoms with E-state index in [9.17, 15) is 8.42 Å². The maximum atomic E-state index is 12.0. The molecule has 1 heterocycles. The summed E-state index contributed by atoms with van der Waals surface area (Å²) in [5.41, 5.74) is 2.13. The quantitative estimate of drug-likeness (QED) is 0.670. The van der Waals surface area contributed by atoms with E-state index in [1.165, 1.54) is 10.5 Å². The molecular weight excluding hydrogens is 378 g/mol. The van der Waals surface area contributed by atoms with Crippen LogP contribution in [-0.4, -0.2) is 61.2 Å². The number of quaternary nitrogens is 1. The van der Waals surface area contributed by atoms with Crippen LogP contribution >= 0.6 is 12.2 Å². The Labute approximate surface area is 170 Å². The number of thiocarbonyl (C=S) groups is 1. The number of aryl methyl sites for hydroxylation is 1. The zero-order valence-electron chi connectivity index (χ0n) is 17.2. The van der Waals surface area contributed by atoms with Crippen LogP contribution in [-0.2, 0) is 9.84 Å². The average Bonchev–Trinajstić information content (AvgIpc) is 2.92. The van der Waals surface area contributed by atoms with Gasteiger partial charge in [-0.25, -0.2) is 8.42 Å². The minimum atomic E-state index is -2.96. The molecule has 1 atom stereocenters. The summed E-state index contributed by atoms with van der Waals surface area (Å²) in [5, 5.41) is 3.93. The molecule has 1 aliphatic rings. The molecule has 0 radical (unpaired) electrons. The number of sulfone groups is 1. The highest BCUT2D eigenvalue weighted by molar-refractivity contribution is 7.91. The van der Waals surface area contributed by atoms with Gasteiger partial charge in [0.2, 0.25) is 0 Å². The summed E-state index contributed by atoms with van der Waals surface area (Å²) in [6.07, 6.45) is 0.650. The van der Waals surface area contributed by atoms with E-state index in [0.717, 1.165) is 18.8 Å². The Morgan fingerprint density at radius 1 is 1.22 bits per heavy atom. The molecule has 0 spiro atoms. The molecule has 1 saturated heterocycles. The molecule has 5 nitrogen and oxygen atoms in total. The minimum absolute atomic E-state index is 0.0407. The Balaban J connectivity index is 2.13. The molecule has 1 aliphatic heterocycles. The Kier molecular flexibility index (Phi) is 7.65. The lowest BCUT2D eigenvalue weighted by Crippen LogP contribution is -3.18. The first-order valence-electron chi connectivity index (χ1n) is 9.79. The third-order valence-electron chi connectivity index (χ3n) is 5.34. The molecule has 1 aromatic carbocycles. The molecule has 1 fully saturated rings. The summed E-state index contributed by atoms with van der Waals surface area (Å²) in [5.74, 6) is 0.452. The van der Waals surface area contributed by atoms with Crippen molar-refractivity contribution in [1.29, 1.82) is 0 Å². The summed E-state index contributed by atoms with van der Waals surface area (Å²) in [4.78, 5) is 3.60. The van der Waals surface area contributed by atoms with Gasteiger partial charge in [-0.15, -0.1) is 0 Å². The molecule has 0 aliphatic carbocycles. The van der Waals surface area contributed by atoms with Crippen LogP contribution < -0.4 is 10.2 Å². The predicted octanol–water partition coefficient (Wildman–Crippen LogP) is 1.88. The molecule has 1 aromatic rings. The van der Waals surface area contributed by atoms with Gasteiger partial charge in [0.25, 0.3) is 0 Å². The molecule has 27 heavy (non-hydrogen) atoms. The lowest BCUT2D eigenvalue weighted by Gasteiger charge is -2.34. The predicted molar refractivity (Wildman–Crippen MR) is 117 cm³/mol. The summed E-state index contributed by atoms with van der Waals surface area (Å²) in [6.45, 7) is 12.6. The second-order valence-electron chi connectivity index (χ2n) is 8.18. The van der Waals surface area contributed by atoms with Crippen LogP contribution in [0.25, 0.3) is 0 Å². The lowest BCUT2D eigenvalue weighted by atomic mass is 10.2. The zero-order valence-corrected chi connectivity index (χ0v) is 18.8. The highest BCUT2D eigenvalue weighted by Crippen LogP contribution is 2.19. The van der Waals surface area contributed by atoms with Gasteiger partial charge in [-0.2, -0.15) is 0 Å². The molecule has 0 unspecified atom stereocenters. The number of anilines is 1. The van der Waals surface area contributed by atoms with Crippen molar-refractivity contribution in [3.8, 4) is 0 Å². The topological polar surface area (TPSA) is 53.9 Å². The van der Waals surface area contributed by atoms with Crippen molar-refractivity contribution in [2.45, 2.75) is 59.2 Å². The van der Waals surface area contributed by atoms with Crippen molar-refractivity contribution < 1.29 is 13.3 Å². The van der Waals surface area contributed by atoms with E-state index in [1.807, 2.05) is 31.2 Å². The van der Waals surface area contributed by atoms with Gasteiger partial charge in [0.05, 0.1) is 36.7 Å². The summed E-state index contributed by atoms with van der Waals surface area (Å²) >= 11 is 5.70. The van der Waals surface area contributed by atoms with E-state index in [-0.39, 0.29) is 17.5 Å². The number of nitrogens with one attached hydrogen (secondary N) is 2. The van der Waals surface area contributed by atoms with E-state index in [2.05, 4.69) is 37.9 Å². The van der Waals surface area contributed by atoms with Gasteiger partial charge < -0.3 is 15.1 Å². The number of hydrogen-bond donors (Lipinski definition) is 2. The van der Waals surface area contributed by atoms with Crippen LogP contribution in [0.4, 0.5) is 5.69 Å². The standard InChI is InChI=1S/C20H33N3O2S2/c1-15(2)22(16(3)4)11-12-23(19-10-13-27(24,25)14-19)20(26)21-18-8-6-17(5)7-9-18/h6-9,15-16,19H,10-14H2,1-5H3,(H,21,26)/p+1/t19-/m0/s1. The molecule has 2 N–H and O–H groups in total. The molecule has 0 aromatic heterocycles. The van der Waals surface area contributed by atoms with Crippen molar-refractivity contribution in [1.82, 2.24) is 4.90 Å². The number of rotatable bonds is 7. The van der Waals surface area contributed by atoms with Crippen LogP contribution in [0, 0.1) is 6.92 Å². The van der Waals surface area contributed by atoms with Gasteiger partial charge in [-0.1, -0.05) is 17.7 Å². The zero-order chi connectivity index (χ0) is 20.2. The molecule has 0 bridgehead atoms. The normalized spacial score (nSPS) is 19.0. The molecule has 152 valence electrons. The second kappa shape index (κ2) is 9.34. The maximum Gasteiger partial charge on any atom is 0.173 e. The van der Waals surface area contributed by atoms with Crippen molar-refractivity contribution in [2.24, 2.45) is 0 Å². The van der Waals surface area contributed by atoms with Gasteiger partial charge in [0, 0.05) is 11.7 Å². The first kappa shape index (κ1) is 22.1. The van der Waals surface area contributed by atoms with Crippen molar-refractivity contribution in [2.75, 3.05) is 29.9 Å². The van der Waals surface area contributed by atoms with Crippen molar-refractivity contribution in [3.63, 3.8) is 0 Å². The first-order valence-corrected chi connectivity index (χ1v) is 12.0. The van der Waals surface area contributed by atoms with Gasteiger partial charge >= 0.3 is 0 Å². The fourth-order valence-corrected chi connectivity index (χ4v) is 5.89. The number of nitrogens with zero attached hydrogens (tertiary/aromatic N) is 1. The largest absolute Gasteiger partial charge is 0.339 e. The third kappa shape index (κ3) is 6.43. The number of hydrogen-bond acceptors (Lipinski definition) is 3. The minimum Gasteiger partial charge on any atom is -0.339 e. The molecule has 2 rings (SSSR count). The average molecular weight is 413 g/mol.